The lowest BCUT2D eigenvalue weighted by Crippen LogP contribution is -2.25. The fourth-order valence-electron chi connectivity index (χ4n) is 2.03. The molecule has 0 fully saturated rings. The number of carbonyl (C=O) groups excluding carboxylic acids is 1. The van der Waals surface area contributed by atoms with Crippen LogP contribution in [0.25, 0.3) is 0 Å². The third-order valence-electron chi connectivity index (χ3n) is 3.20. The van der Waals surface area contributed by atoms with E-state index in [4.69, 9.17) is 5.84 Å². The summed E-state index contributed by atoms with van der Waals surface area (Å²) in [6.45, 7) is 2.66. The molecule has 0 aromatic heterocycles. The molecule has 20 heavy (non-hydrogen) atoms. The number of carbonyl (C=O) groups is 1. The van der Waals surface area contributed by atoms with Crippen LogP contribution in [-0.4, -0.2) is 24.5 Å². The minimum Gasteiger partial charge on any atom is -0.352 e. The number of hydrogen-bond acceptors (Lipinski definition) is 4. The van der Waals surface area contributed by atoms with Crippen molar-refractivity contribution in [2.75, 3.05) is 24.0 Å². The van der Waals surface area contributed by atoms with Gasteiger partial charge in [-0.05, 0) is 55.5 Å². The van der Waals surface area contributed by atoms with Crippen molar-refractivity contribution in [2.45, 2.75) is 32.6 Å². The van der Waals surface area contributed by atoms with Crippen molar-refractivity contribution < 1.29 is 4.79 Å². The average molecular weight is 295 g/mol. The maximum Gasteiger partial charge on any atom is 0.251 e. The SMILES string of the molecule is CSCCCCCCNC(=O)c1ccc(NN)cc1C. The van der Waals surface area contributed by atoms with Crippen LogP contribution >= 0.6 is 11.8 Å². The van der Waals surface area contributed by atoms with Gasteiger partial charge in [0.05, 0.1) is 0 Å². The second-order valence-corrected chi connectivity index (χ2v) is 5.82. The Labute approximate surface area is 125 Å². The molecular weight excluding hydrogens is 270 g/mol. The Morgan fingerprint density at radius 2 is 2.00 bits per heavy atom. The van der Waals surface area contributed by atoms with E-state index in [9.17, 15) is 4.79 Å². The molecule has 0 bridgehead atoms. The van der Waals surface area contributed by atoms with Crippen LogP contribution in [-0.2, 0) is 0 Å². The third-order valence-corrected chi connectivity index (χ3v) is 3.90. The predicted octanol–water partition coefficient (Wildman–Crippen LogP) is 2.93. The fourth-order valence-corrected chi connectivity index (χ4v) is 2.52. The van der Waals surface area contributed by atoms with Crippen molar-refractivity contribution >= 4 is 23.4 Å². The Morgan fingerprint density at radius 1 is 1.25 bits per heavy atom. The minimum absolute atomic E-state index is 0.00446. The predicted molar refractivity (Wildman–Crippen MR) is 88.2 cm³/mol. The number of unbranched alkanes of at least 4 members (excludes halogenated alkanes) is 3. The van der Waals surface area contributed by atoms with Crippen LogP contribution in [0, 0.1) is 6.92 Å². The molecule has 0 spiro atoms. The number of nitrogens with two attached hydrogens (primary N) is 1. The molecule has 1 aromatic carbocycles. The second kappa shape index (κ2) is 9.66. The number of anilines is 1. The lowest BCUT2D eigenvalue weighted by atomic mass is 10.1. The Hall–Kier alpha value is -1.20. The second-order valence-electron chi connectivity index (χ2n) is 4.84. The summed E-state index contributed by atoms with van der Waals surface area (Å²) in [5, 5.41) is 2.97. The van der Waals surface area contributed by atoms with Crippen LogP contribution in [0.4, 0.5) is 5.69 Å². The van der Waals surface area contributed by atoms with Gasteiger partial charge in [-0.15, -0.1) is 0 Å². The van der Waals surface area contributed by atoms with Gasteiger partial charge in [0.1, 0.15) is 0 Å². The highest BCUT2D eigenvalue weighted by atomic mass is 32.2. The van der Waals surface area contributed by atoms with E-state index in [1.165, 1.54) is 25.0 Å². The molecule has 0 aliphatic heterocycles. The van der Waals surface area contributed by atoms with Crippen LogP contribution in [0.3, 0.4) is 0 Å². The number of nitrogens with one attached hydrogen (secondary N) is 2. The Bertz CT molecular complexity index is 424. The lowest BCUT2D eigenvalue weighted by Gasteiger charge is -2.09. The highest BCUT2D eigenvalue weighted by molar-refractivity contribution is 7.98. The number of nitrogen functional groups attached to an aromatic ring is 1. The molecule has 0 radical (unpaired) electrons. The van der Waals surface area contributed by atoms with Crippen LogP contribution in [0.2, 0.25) is 0 Å². The summed E-state index contributed by atoms with van der Waals surface area (Å²) >= 11 is 1.89. The largest absolute Gasteiger partial charge is 0.352 e. The molecule has 4 N–H and O–H groups in total. The minimum atomic E-state index is -0.00446. The molecule has 0 saturated heterocycles. The summed E-state index contributed by atoms with van der Waals surface area (Å²) in [5.41, 5.74) is 5.03. The fraction of sp³-hybridized carbons (Fsp3) is 0.533. The lowest BCUT2D eigenvalue weighted by molar-refractivity contribution is 0.0952. The van der Waals surface area contributed by atoms with Crippen LogP contribution in [0.5, 0.6) is 0 Å². The first-order valence-corrected chi connectivity index (χ1v) is 8.43. The van der Waals surface area contributed by atoms with E-state index >= 15 is 0 Å². The van der Waals surface area contributed by atoms with E-state index < -0.39 is 0 Å². The van der Waals surface area contributed by atoms with E-state index in [0.29, 0.717) is 5.56 Å². The highest BCUT2D eigenvalue weighted by Gasteiger charge is 2.08. The maximum atomic E-state index is 12.0. The van der Waals surface area contributed by atoms with Gasteiger partial charge in [-0.1, -0.05) is 12.8 Å². The van der Waals surface area contributed by atoms with E-state index in [-0.39, 0.29) is 5.91 Å². The molecule has 0 saturated carbocycles. The number of thioether (sulfide) groups is 1. The van der Waals surface area contributed by atoms with E-state index in [2.05, 4.69) is 17.0 Å². The molecule has 1 aromatic rings. The average Bonchev–Trinajstić information content (AvgIpc) is 2.45. The van der Waals surface area contributed by atoms with Gasteiger partial charge < -0.3 is 10.7 Å². The summed E-state index contributed by atoms with van der Waals surface area (Å²) in [6.07, 6.45) is 6.86. The number of aryl methyl sites for hydroxylation is 1. The number of rotatable bonds is 9. The molecule has 0 heterocycles. The molecule has 4 nitrogen and oxygen atoms in total. The van der Waals surface area contributed by atoms with Gasteiger partial charge in [0, 0.05) is 17.8 Å². The summed E-state index contributed by atoms with van der Waals surface area (Å²) in [5.74, 6) is 6.57. The number of amides is 1. The standard InChI is InChI=1S/C15H25N3OS/c1-12-11-13(18-16)7-8-14(12)15(19)17-9-5-3-4-6-10-20-2/h7-8,11,18H,3-6,9-10,16H2,1-2H3,(H,17,19). The number of benzene rings is 1. The Balaban J connectivity index is 2.29. The van der Waals surface area contributed by atoms with Crippen molar-refractivity contribution in [3.05, 3.63) is 29.3 Å². The monoisotopic (exact) mass is 295 g/mol. The van der Waals surface area contributed by atoms with Gasteiger partial charge in [0.15, 0.2) is 0 Å². The zero-order valence-electron chi connectivity index (χ0n) is 12.4. The van der Waals surface area contributed by atoms with Crippen molar-refractivity contribution in [3.63, 3.8) is 0 Å². The highest BCUT2D eigenvalue weighted by Crippen LogP contribution is 2.14. The van der Waals surface area contributed by atoms with Crippen molar-refractivity contribution in [2.24, 2.45) is 5.84 Å². The quantitative estimate of drug-likeness (QED) is 0.372. The van der Waals surface area contributed by atoms with Gasteiger partial charge in [-0.25, -0.2) is 0 Å². The zero-order valence-corrected chi connectivity index (χ0v) is 13.2. The first-order valence-electron chi connectivity index (χ1n) is 7.03. The van der Waals surface area contributed by atoms with Crippen molar-refractivity contribution in [1.29, 1.82) is 0 Å². The summed E-state index contributed by atoms with van der Waals surface area (Å²) < 4.78 is 0. The molecule has 0 aliphatic rings. The Morgan fingerprint density at radius 3 is 2.65 bits per heavy atom. The zero-order chi connectivity index (χ0) is 14.8. The summed E-state index contributed by atoms with van der Waals surface area (Å²) in [7, 11) is 0. The van der Waals surface area contributed by atoms with Crippen molar-refractivity contribution in [3.8, 4) is 0 Å². The van der Waals surface area contributed by atoms with Gasteiger partial charge in [-0.2, -0.15) is 11.8 Å². The molecule has 0 aliphatic carbocycles. The molecule has 1 rings (SSSR count). The van der Waals surface area contributed by atoms with Gasteiger partial charge in [-0.3, -0.25) is 10.6 Å². The maximum absolute atomic E-state index is 12.0. The van der Waals surface area contributed by atoms with Gasteiger partial charge in [0.2, 0.25) is 0 Å². The number of hydrogen-bond donors (Lipinski definition) is 3. The van der Waals surface area contributed by atoms with Crippen LogP contribution in [0.1, 0.15) is 41.6 Å². The first-order chi connectivity index (χ1) is 9.69. The van der Waals surface area contributed by atoms with Gasteiger partial charge >= 0.3 is 0 Å². The third kappa shape index (κ3) is 5.84. The van der Waals surface area contributed by atoms with E-state index in [1.54, 1.807) is 6.07 Å². The normalized spacial score (nSPS) is 10.3. The first kappa shape index (κ1) is 16.9. The van der Waals surface area contributed by atoms with Crippen LogP contribution in [0.15, 0.2) is 18.2 Å². The van der Waals surface area contributed by atoms with E-state index in [0.717, 1.165) is 24.2 Å². The molecular formula is C15H25N3OS. The Kier molecular flexibility index (Phi) is 8.14. The smallest absolute Gasteiger partial charge is 0.251 e. The molecule has 1 amide bonds. The molecule has 112 valence electrons. The topological polar surface area (TPSA) is 67.2 Å². The molecule has 0 unspecified atom stereocenters. The molecule has 0 atom stereocenters. The van der Waals surface area contributed by atoms with E-state index in [1.807, 2.05) is 30.8 Å². The van der Waals surface area contributed by atoms with Crippen LogP contribution < -0.4 is 16.6 Å². The summed E-state index contributed by atoms with van der Waals surface area (Å²) in [4.78, 5) is 12.0. The number of hydrazine groups is 1. The molecule has 5 heteroatoms. The van der Waals surface area contributed by atoms with Crippen molar-refractivity contribution in [1.82, 2.24) is 5.32 Å². The summed E-state index contributed by atoms with van der Waals surface area (Å²) in [6, 6.07) is 5.49. The van der Waals surface area contributed by atoms with Gasteiger partial charge in [0.25, 0.3) is 5.91 Å².